The van der Waals surface area contributed by atoms with Crippen LogP contribution in [0.3, 0.4) is 0 Å². The van der Waals surface area contributed by atoms with Gasteiger partial charge in [0.15, 0.2) is 0 Å². The molecule has 3 heteroatoms. The summed E-state index contributed by atoms with van der Waals surface area (Å²) < 4.78 is 0. The molecule has 3 nitrogen and oxygen atoms in total. The van der Waals surface area contributed by atoms with Gasteiger partial charge in [0.05, 0.1) is 0 Å². The van der Waals surface area contributed by atoms with Crippen LogP contribution in [0.4, 0.5) is 4.79 Å². The Morgan fingerprint density at radius 3 is 2.89 bits per heavy atom. The molecule has 1 N–H and O–H groups in total. The van der Waals surface area contributed by atoms with Crippen molar-refractivity contribution < 1.29 is 4.79 Å². The van der Waals surface area contributed by atoms with Crippen LogP contribution < -0.4 is 5.32 Å². The fourth-order valence-corrected chi connectivity index (χ4v) is 1.01. The minimum atomic E-state index is 0.0492. The summed E-state index contributed by atoms with van der Waals surface area (Å²) in [7, 11) is 1.81. The fraction of sp³-hybridized carbons (Fsp3) is 0.833. The second-order valence-corrected chi connectivity index (χ2v) is 2.67. The Morgan fingerprint density at radius 2 is 2.44 bits per heavy atom. The number of nitrogens with zero attached hydrogens (tertiary/aromatic N) is 1. The molecule has 0 radical (unpaired) electrons. The molecule has 1 aliphatic rings. The molecule has 1 atom stereocenters. The monoisotopic (exact) mass is 128 g/mol. The highest BCUT2D eigenvalue weighted by Gasteiger charge is 2.17. The van der Waals surface area contributed by atoms with E-state index in [9.17, 15) is 4.79 Å². The van der Waals surface area contributed by atoms with Crippen LogP contribution in [0.5, 0.6) is 0 Å². The second-order valence-electron chi connectivity index (χ2n) is 2.67. The first kappa shape index (κ1) is 6.39. The number of carbonyl (C=O) groups is 1. The molecule has 1 unspecified atom stereocenters. The lowest BCUT2D eigenvalue weighted by molar-refractivity contribution is 0.185. The predicted molar refractivity (Wildman–Crippen MR) is 35.2 cm³/mol. The van der Waals surface area contributed by atoms with Crippen LogP contribution in [0, 0.1) is 5.92 Å². The van der Waals surface area contributed by atoms with Crippen molar-refractivity contribution in [2.24, 2.45) is 5.92 Å². The number of nitrogens with one attached hydrogen (secondary N) is 1. The third kappa shape index (κ3) is 1.34. The third-order valence-corrected chi connectivity index (χ3v) is 1.53. The standard InChI is InChI=1S/C6H12N2O/c1-5-3-7-6(9)8(2)4-5/h5H,3-4H2,1-2H3,(H,7,9). The highest BCUT2D eigenvalue weighted by atomic mass is 16.2. The van der Waals surface area contributed by atoms with E-state index in [4.69, 9.17) is 0 Å². The normalized spacial score (nSPS) is 28.0. The van der Waals surface area contributed by atoms with Crippen LogP contribution in [0.15, 0.2) is 0 Å². The van der Waals surface area contributed by atoms with Gasteiger partial charge in [-0.25, -0.2) is 4.79 Å². The van der Waals surface area contributed by atoms with Crippen molar-refractivity contribution in [3.05, 3.63) is 0 Å². The van der Waals surface area contributed by atoms with Crippen molar-refractivity contribution in [3.63, 3.8) is 0 Å². The van der Waals surface area contributed by atoms with E-state index in [0.29, 0.717) is 5.92 Å². The summed E-state index contributed by atoms with van der Waals surface area (Å²) in [5, 5.41) is 2.77. The van der Waals surface area contributed by atoms with Gasteiger partial charge in [-0.2, -0.15) is 0 Å². The van der Waals surface area contributed by atoms with Gasteiger partial charge in [0.25, 0.3) is 0 Å². The predicted octanol–water partition coefficient (Wildman–Crippen LogP) is 0.278. The molecule has 0 saturated carbocycles. The quantitative estimate of drug-likeness (QED) is 0.499. The van der Waals surface area contributed by atoms with Crippen molar-refractivity contribution in [2.75, 3.05) is 20.1 Å². The maximum absolute atomic E-state index is 10.8. The Balaban J connectivity index is 2.44. The maximum atomic E-state index is 10.8. The van der Waals surface area contributed by atoms with Gasteiger partial charge in [-0.1, -0.05) is 6.92 Å². The summed E-state index contributed by atoms with van der Waals surface area (Å²) in [5.41, 5.74) is 0. The first-order valence-corrected chi connectivity index (χ1v) is 3.19. The summed E-state index contributed by atoms with van der Waals surface area (Å²) in [5.74, 6) is 0.590. The van der Waals surface area contributed by atoms with E-state index in [-0.39, 0.29) is 6.03 Å². The Bertz CT molecular complexity index is 124. The summed E-state index contributed by atoms with van der Waals surface area (Å²) >= 11 is 0. The van der Waals surface area contributed by atoms with Gasteiger partial charge < -0.3 is 10.2 Å². The van der Waals surface area contributed by atoms with Crippen molar-refractivity contribution >= 4 is 6.03 Å². The van der Waals surface area contributed by atoms with E-state index >= 15 is 0 Å². The maximum Gasteiger partial charge on any atom is 0.317 e. The molecule has 52 valence electrons. The topological polar surface area (TPSA) is 32.3 Å². The lowest BCUT2D eigenvalue weighted by atomic mass is 10.1. The molecule has 1 saturated heterocycles. The summed E-state index contributed by atoms with van der Waals surface area (Å²) in [6.45, 7) is 3.82. The number of hydrogen-bond acceptors (Lipinski definition) is 1. The van der Waals surface area contributed by atoms with E-state index < -0.39 is 0 Å². The molecule has 9 heavy (non-hydrogen) atoms. The summed E-state index contributed by atoms with van der Waals surface area (Å²) in [6, 6.07) is 0.0492. The Morgan fingerprint density at radius 1 is 1.78 bits per heavy atom. The van der Waals surface area contributed by atoms with E-state index in [1.807, 2.05) is 7.05 Å². The van der Waals surface area contributed by atoms with Crippen molar-refractivity contribution in [1.29, 1.82) is 0 Å². The zero-order chi connectivity index (χ0) is 6.85. The van der Waals surface area contributed by atoms with Gasteiger partial charge in [-0.15, -0.1) is 0 Å². The Kier molecular flexibility index (Phi) is 1.60. The van der Waals surface area contributed by atoms with Crippen LogP contribution in [0.1, 0.15) is 6.92 Å². The van der Waals surface area contributed by atoms with E-state index in [1.54, 1.807) is 4.90 Å². The first-order valence-electron chi connectivity index (χ1n) is 3.19. The molecule has 1 aliphatic heterocycles. The molecule has 1 heterocycles. The fourth-order valence-electron chi connectivity index (χ4n) is 1.01. The van der Waals surface area contributed by atoms with Crippen molar-refractivity contribution in [3.8, 4) is 0 Å². The zero-order valence-corrected chi connectivity index (χ0v) is 5.85. The van der Waals surface area contributed by atoms with Gasteiger partial charge in [-0.3, -0.25) is 0 Å². The highest BCUT2D eigenvalue weighted by Crippen LogP contribution is 2.01. The minimum Gasteiger partial charge on any atom is -0.338 e. The molecule has 0 bridgehead atoms. The molecule has 2 amide bonds. The Labute approximate surface area is 55.0 Å². The molecule has 1 fully saturated rings. The van der Waals surface area contributed by atoms with E-state index in [0.717, 1.165) is 13.1 Å². The first-order chi connectivity index (χ1) is 4.20. The number of rotatable bonds is 0. The number of amides is 2. The van der Waals surface area contributed by atoms with Crippen LogP contribution in [-0.2, 0) is 0 Å². The van der Waals surface area contributed by atoms with Gasteiger partial charge in [0, 0.05) is 20.1 Å². The molecule has 0 aromatic heterocycles. The van der Waals surface area contributed by atoms with Crippen LogP contribution in [0.25, 0.3) is 0 Å². The van der Waals surface area contributed by atoms with Crippen LogP contribution in [-0.4, -0.2) is 31.1 Å². The SMILES string of the molecule is CC1CNC(=O)N(C)C1. The molecular weight excluding hydrogens is 116 g/mol. The number of hydrogen-bond donors (Lipinski definition) is 1. The molecule has 1 rings (SSSR count). The molecule has 0 aromatic carbocycles. The zero-order valence-electron chi connectivity index (χ0n) is 5.85. The third-order valence-electron chi connectivity index (χ3n) is 1.53. The number of carbonyl (C=O) groups excluding carboxylic acids is 1. The van der Waals surface area contributed by atoms with Gasteiger partial charge in [-0.05, 0) is 5.92 Å². The Hall–Kier alpha value is -0.730. The summed E-state index contributed by atoms with van der Waals surface area (Å²) in [6.07, 6.45) is 0. The van der Waals surface area contributed by atoms with Gasteiger partial charge in [0.1, 0.15) is 0 Å². The lowest BCUT2D eigenvalue weighted by Crippen LogP contribution is -2.48. The average molecular weight is 128 g/mol. The largest absolute Gasteiger partial charge is 0.338 e. The van der Waals surface area contributed by atoms with Gasteiger partial charge in [0.2, 0.25) is 0 Å². The van der Waals surface area contributed by atoms with Crippen LogP contribution in [0.2, 0.25) is 0 Å². The number of urea groups is 1. The second kappa shape index (κ2) is 2.25. The smallest absolute Gasteiger partial charge is 0.317 e. The lowest BCUT2D eigenvalue weighted by Gasteiger charge is -2.27. The molecule has 0 aromatic rings. The van der Waals surface area contributed by atoms with Crippen LogP contribution >= 0.6 is 0 Å². The average Bonchev–Trinajstić information content (AvgIpc) is 1.80. The molecular formula is C6H12N2O. The van der Waals surface area contributed by atoms with Gasteiger partial charge >= 0.3 is 6.03 Å². The summed E-state index contributed by atoms with van der Waals surface area (Å²) in [4.78, 5) is 12.5. The van der Waals surface area contributed by atoms with Crippen molar-refractivity contribution in [2.45, 2.75) is 6.92 Å². The van der Waals surface area contributed by atoms with Crippen molar-refractivity contribution in [1.82, 2.24) is 10.2 Å². The van der Waals surface area contributed by atoms with E-state index in [1.165, 1.54) is 0 Å². The molecule has 0 spiro atoms. The highest BCUT2D eigenvalue weighted by molar-refractivity contribution is 5.74. The van der Waals surface area contributed by atoms with E-state index in [2.05, 4.69) is 12.2 Å². The molecule has 0 aliphatic carbocycles. The minimum absolute atomic E-state index is 0.0492.